The molecule has 1 aromatic carbocycles. The average Bonchev–Trinajstić information content (AvgIpc) is 3.05. The number of carbonyl (C=O) groups is 1. The molecule has 5 N–H and O–H groups in total. The third-order valence-corrected chi connectivity index (χ3v) is 6.22. The number of hydrogen-bond acceptors (Lipinski definition) is 5. The summed E-state index contributed by atoms with van der Waals surface area (Å²) in [6.07, 6.45) is 2.37. The van der Waals surface area contributed by atoms with Crippen molar-refractivity contribution in [2.24, 2.45) is 16.8 Å². The maximum atomic E-state index is 13.0. The third kappa shape index (κ3) is 4.63. The predicted octanol–water partition coefficient (Wildman–Crippen LogP) is 0.561. The second kappa shape index (κ2) is 8.20. The minimum absolute atomic E-state index is 0.178. The highest BCUT2D eigenvalue weighted by molar-refractivity contribution is 7.89. The van der Waals surface area contributed by atoms with Crippen molar-refractivity contribution in [2.45, 2.75) is 49.9 Å². The number of nitrogens with one attached hydrogen (secondary N) is 1. The quantitative estimate of drug-likeness (QED) is 0.632. The summed E-state index contributed by atoms with van der Waals surface area (Å²) < 4.78 is 24.0. The van der Waals surface area contributed by atoms with Crippen molar-refractivity contribution in [3.8, 4) is 0 Å². The molecule has 4 atom stereocenters. The number of sulfonamides is 1. The van der Waals surface area contributed by atoms with Gasteiger partial charge in [-0.2, -0.15) is 0 Å². The van der Waals surface area contributed by atoms with Crippen LogP contribution in [0.2, 0.25) is 0 Å². The van der Waals surface area contributed by atoms with E-state index in [1.165, 1.54) is 0 Å². The number of carbonyl (C=O) groups excluding carboxylic acids is 1. The van der Waals surface area contributed by atoms with Gasteiger partial charge in [0.2, 0.25) is 10.0 Å². The summed E-state index contributed by atoms with van der Waals surface area (Å²) in [5.41, 5.74) is 7.10. The lowest BCUT2D eigenvalue weighted by molar-refractivity contribution is -0.125. The van der Waals surface area contributed by atoms with E-state index in [0.717, 1.165) is 24.9 Å². The first kappa shape index (κ1) is 19.1. The smallest absolute Gasteiger partial charge is 0.212 e. The molecule has 24 heavy (non-hydrogen) atoms. The van der Waals surface area contributed by atoms with Gasteiger partial charge < -0.3 is 11.1 Å². The highest BCUT2D eigenvalue weighted by Crippen LogP contribution is 2.26. The summed E-state index contributed by atoms with van der Waals surface area (Å²) in [5.74, 6) is -0.926. The van der Waals surface area contributed by atoms with Crippen LogP contribution < -0.4 is 16.2 Å². The molecule has 0 bridgehead atoms. The Morgan fingerprint density at radius 3 is 2.50 bits per heavy atom. The number of primary sulfonamides is 1. The lowest BCUT2D eigenvalue weighted by atomic mass is 9.84. The van der Waals surface area contributed by atoms with Crippen molar-refractivity contribution < 1.29 is 13.2 Å². The third-order valence-electron chi connectivity index (χ3n) is 4.75. The van der Waals surface area contributed by atoms with E-state index in [4.69, 9.17) is 10.9 Å². The van der Waals surface area contributed by atoms with E-state index in [2.05, 4.69) is 5.32 Å². The van der Waals surface area contributed by atoms with E-state index in [9.17, 15) is 13.2 Å². The highest BCUT2D eigenvalue weighted by atomic mass is 32.2. The molecule has 1 aromatic rings. The fourth-order valence-corrected chi connectivity index (χ4v) is 4.76. The largest absolute Gasteiger partial charge is 0.321 e. The lowest BCUT2D eigenvalue weighted by Gasteiger charge is -2.30. The molecule has 0 radical (unpaired) electrons. The zero-order valence-corrected chi connectivity index (χ0v) is 14.8. The molecule has 0 spiro atoms. The van der Waals surface area contributed by atoms with Gasteiger partial charge in [0.25, 0.3) is 0 Å². The highest BCUT2D eigenvalue weighted by Gasteiger charge is 2.42. The van der Waals surface area contributed by atoms with Crippen LogP contribution in [-0.2, 0) is 21.2 Å². The first-order valence-corrected chi connectivity index (χ1v) is 10.0. The lowest BCUT2D eigenvalue weighted by Crippen LogP contribution is -2.52. The van der Waals surface area contributed by atoms with Crippen molar-refractivity contribution in [1.82, 2.24) is 5.32 Å². The van der Waals surface area contributed by atoms with Gasteiger partial charge in [-0.1, -0.05) is 37.3 Å². The van der Waals surface area contributed by atoms with Crippen LogP contribution >= 0.6 is 0 Å². The van der Waals surface area contributed by atoms with E-state index in [1.54, 1.807) is 6.92 Å². The summed E-state index contributed by atoms with van der Waals surface area (Å²) >= 11 is 0. The molecule has 0 saturated carbocycles. The number of nitrogens with two attached hydrogens (primary N) is 2. The van der Waals surface area contributed by atoms with Crippen LogP contribution in [0.15, 0.2) is 30.3 Å². The fraction of sp³-hybridized carbons (Fsp3) is 0.588. The van der Waals surface area contributed by atoms with Crippen LogP contribution in [0.4, 0.5) is 0 Å². The van der Waals surface area contributed by atoms with Gasteiger partial charge in [-0.15, -0.1) is 0 Å². The molecular formula is C17H27N3O3S. The summed E-state index contributed by atoms with van der Waals surface area (Å²) in [5, 5.41) is 7.75. The minimum atomic E-state index is -3.82. The zero-order chi connectivity index (χ0) is 17.7. The molecule has 4 unspecified atom stereocenters. The molecule has 0 aliphatic carbocycles. The molecule has 1 fully saturated rings. The first-order valence-electron chi connectivity index (χ1n) is 8.42. The number of benzene rings is 1. The second-order valence-corrected chi connectivity index (χ2v) is 8.25. The maximum Gasteiger partial charge on any atom is 0.212 e. The summed E-state index contributed by atoms with van der Waals surface area (Å²) in [6.45, 7) is 2.52. The minimum Gasteiger partial charge on any atom is -0.321 e. The van der Waals surface area contributed by atoms with Gasteiger partial charge in [0.05, 0.1) is 17.2 Å². The summed E-state index contributed by atoms with van der Waals surface area (Å²) in [4.78, 5) is 13.0. The van der Waals surface area contributed by atoms with Gasteiger partial charge in [-0.05, 0) is 37.8 Å². The molecule has 1 saturated heterocycles. The van der Waals surface area contributed by atoms with E-state index >= 15 is 0 Å². The summed E-state index contributed by atoms with van der Waals surface area (Å²) in [6, 6.07) is 8.58. The van der Waals surface area contributed by atoms with Crippen LogP contribution in [-0.4, -0.2) is 38.1 Å². The molecule has 7 heteroatoms. The summed E-state index contributed by atoms with van der Waals surface area (Å²) in [7, 11) is -3.82. The molecule has 0 aromatic heterocycles. The van der Waals surface area contributed by atoms with Crippen molar-refractivity contribution in [3.63, 3.8) is 0 Å². The molecule has 1 heterocycles. The number of ketones is 1. The number of hydrogen-bond donors (Lipinski definition) is 3. The van der Waals surface area contributed by atoms with Gasteiger partial charge in [0.15, 0.2) is 5.78 Å². The van der Waals surface area contributed by atoms with Crippen molar-refractivity contribution in [3.05, 3.63) is 35.9 Å². The SMILES string of the molecule is CCC(C(C(=O)C(N)Cc1ccccc1)C1CCCN1)S(N)(=O)=O. The van der Waals surface area contributed by atoms with E-state index in [-0.39, 0.29) is 11.8 Å². The van der Waals surface area contributed by atoms with Gasteiger partial charge in [0, 0.05) is 6.04 Å². The Bertz CT molecular complexity index is 642. The molecule has 2 rings (SSSR count). The van der Waals surface area contributed by atoms with Crippen molar-refractivity contribution in [1.29, 1.82) is 0 Å². The van der Waals surface area contributed by atoms with Crippen molar-refractivity contribution in [2.75, 3.05) is 6.54 Å². The Hall–Kier alpha value is -1.28. The Kier molecular flexibility index (Phi) is 6.51. The van der Waals surface area contributed by atoms with Crippen LogP contribution in [0.5, 0.6) is 0 Å². The molecular weight excluding hydrogens is 326 g/mol. The van der Waals surface area contributed by atoms with Crippen LogP contribution in [0.3, 0.4) is 0 Å². The fourth-order valence-electron chi connectivity index (χ4n) is 3.57. The van der Waals surface area contributed by atoms with Crippen molar-refractivity contribution >= 4 is 15.8 Å². The average molecular weight is 353 g/mol. The zero-order valence-electron chi connectivity index (χ0n) is 14.0. The second-order valence-electron chi connectivity index (χ2n) is 6.46. The molecule has 1 aliphatic rings. The van der Waals surface area contributed by atoms with Crippen LogP contribution in [0, 0.1) is 5.92 Å². The molecule has 134 valence electrons. The van der Waals surface area contributed by atoms with Crippen LogP contribution in [0.1, 0.15) is 31.7 Å². The normalized spacial score (nSPS) is 22.0. The standard InChI is InChI=1S/C17H27N3O3S/c1-2-15(24(19,22)23)16(14-9-6-10-20-14)17(21)13(18)11-12-7-4-3-5-8-12/h3-5,7-8,13-16,20H,2,6,9-11,18H2,1H3,(H2,19,22,23). The van der Waals surface area contributed by atoms with E-state index < -0.39 is 27.2 Å². The monoisotopic (exact) mass is 353 g/mol. The Morgan fingerprint density at radius 2 is 2.00 bits per heavy atom. The van der Waals surface area contributed by atoms with Gasteiger partial charge in [0.1, 0.15) is 0 Å². The number of rotatable bonds is 8. The Labute approximate surface area is 144 Å². The Balaban J connectivity index is 2.23. The van der Waals surface area contributed by atoms with Gasteiger partial charge in [-0.3, -0.25) is 4.79 Å². The number of Topliss-reactive ketones (excluding diaryl/α,β-unsaturated/α-hetero) is 1. The predicted molar refractivity (Wildman–Crippen MR) is 94.8 cm³/mol. The van der Waals surface area contributed by atoms with E-state index in [0.29, 0.717) is 12.8 Å². The Morgan fingerprint density at radius 1 is 1.33 bits per heavy atom. The van der Waals surface area contributed by atoms with Crippen LogP contribution in [0.25, 0.3) is 0 Å². The first-order chi connectivity index (χ1) is 11.3. The van der Waals surface area contributed by atoms with Gasteiger partial charge >= 0.3 is 0 Å². The van der Waals surface area contributed by atoms with Gasteiger partial charge in [-0.25, -0.2) is 13.6 Å². The molecule has 1 aliphatic heterocycles. The molecule has 6 nitrogen and oxygen atoms in total. The maximum absolute atomic E-state index is 13.0. The topological polar surface area (TPSA) is 115 Å². The molecule has 0 amide bonds. The van der Waals surface area contributed by atoms with E-state index in [1.807, 2.05) is 30.3 Å².